The van der Waals surface area contributed by atoms with Gasteiger partial charge < -0.3 is 4.74 Å². The lowest BCUT2D eigenvalue weighted by atomic mass is 9.96. The van der Waals surface area contributed by atoms with E-state index in [9.17, 15) is 14.0 Å². The summed E-state index contributed by atoms with van der Waals surface area (Å²) in [5.41, 5.74) is 0.749. The van der Waals surface area contributed by atoms with Crippen molar-refractivity contribution in [3.63, 3.8) is 0 Å². The van der Waals surface area contributed by atoms with E-state index in [-0.39, 0.29) is 12.4 Å². The Labute approximate surface area is 145 Å². The van der Waals surface area contributed by atoms with Gasteiger partial charge in [-0.05, 0) is 63.2 Å². The maximum Gasteiger partial charge on any atom is 0.311 e. The monoisotopic (exact) mass is 339 g/mol. The standard InChI is InChI=1S/C20H18FNO3/c1-20(2,3)19(24)25-12-15-10-13(11-22)4-9-17(15)18(23)14-5-7-16(21)8-6-14/h4-10H,12H2,1-3H3. The molecule has 2 rings (SSSR count). The van der Waals surface area contributed by atoms with Gasteiger partial charge in [0.2, 0.25) is 0 Å². The molecule has 2 aromatic carbocycles. The van der Waals surface area contributed by atoms with Crippen LogP contribution >= 0.6 is 0 Å². The quantitative estimate of drug-likeness (QED) is 0.623. The average Bonchev–Trinajstić information content (AvgIpc) is 2.58. The third-order valence-electron chi connectivity index (χ3n) is 3.56. The summed E-state index contributed by atoms with van der Waals surface area (Å²) < 4.78 is 18.3. The van der Waals surface area contributed by atoms with Gasteiger partial charge in [-0.1, -0.05) is 0 Å². The van der Waals surface area contributed by atoms with Gasteiger partial charge in [0, 0.05) is 16.7 Å². The minimum Gasteiger partial charge on any atom is -0.460 e. The molecule has 0 aliphatic heterocycles. The molecule has 0 spiro atoms. The van der Waals surface area contributed by atoms with Crippen molar-refractivity contribution in [2.75, 3.05) is 0 Å². The molecule has 0 aliphatic carbocycles. The van der Waals surface area contributed by atoms with Crippen LogP contribution in [0.5, 0.6) is 0 Å². The van der Waals surface area contributed by atoms with Crippen molar-refractivity contribution in [1.29, 1.82) is 5.26 Å². The normalized spacial score (nSPS) is 10.8. The van der Waals surface area contributed by atoms with Crippen LogP contribution in [0.15, 0.2) is 42.5 Å². The van der Waals surface area contributed by atoms with Crippen molar-refractivity contribution in [2.24, 2.45) is 5.41 Å². The molecule has 128 valence electrons. The molecule has 0 aromatic heterocycles. The summed E-state index contributed by atoms with van der Waals surface area (Å²) in [4.78, 5) is 24.6. The van der Waals surface area contributed by atoms with E-state index in [1.54, 1.807) is 20.8 Å². The number of carbonyl (C=O) groups is 2. The third kappa shape index (κ3) is 4.51. The van der Waals surface area contributed by atoms with Gasteiger partial charge in [-0.25, -0.2) is 4.39 Å². The number of nitriles is 1. The van der Waals surface area contributed by atoms with E-state index in [0.29, 0.717) is 22.3 Å². The number of ketones is 1. The first-order chi connectivity index (χ1) is 11.7. The van der Waals surface area contributed by atoms with Gasteiger partial charge in [-0.3, -0.25) is 9.59 Å². The van der Waals surface area contributed by atoms with Crippen LogP contribution < -0.4 is 0 Å². The largest absolute Gasteiger partial charge is 0.460 e. The molecule has 0 unspecified atom stereocenters. The number of benzene rings is 2. The highest BCUT2D eigenvalue weighted by Gasteiger charge is 2.24. The lowest BCUT2D eigenvalue weighted by molar-refractivity contribution is -0.154. The van der Waals surface area contributed by atoms with Crippen molar-refractivity contribution in [3.05, 3.63) is 70.5 Å². The number of hydrogen-bond acceptors (Lipinski definition) is 4. The smallest absolute Gasteiger partial charge is 0.311 e. The second kappa shape index (κ2) is 7.27. The summed E-state index contributed by atoms with van der Waals surface area (Å²) in [6, 6.07) is 11.7. The number of nitrogens with zero attached hydrogens (tertiary/aromatic N) is 1. The van der Waals surface area contributed by atoms with Crippen molar-refractivity contribution in [2.45, 2.75) is 27.4 Å². The molecule has 0 aliphatic rings. The number of hydrogen-bond donors (Lipinski definition) is 0. The summed E-state index contributed by atoms with van der Waals surface area (Å²) in [6.45, 7) is 5.07. The van der Waals surface area contributed by atoms with Crippen LogP contribution in [0.3, 0.4) is 0 Å². The summed E-state index contributed by atoms with van der Waals surface area (Å²) >= 11 is 0. The van der Waals surface area contributed by atoms with E-state index < -0.39 is 17.2 Å². The Bertz CT molecular complexity index is 843. The lowest BCUT2D eigenvalue weighted by Crippen LogP contribution is -2.23. The Morgan fingerprint density at radius 3 is 2.32 bits per heavy atom. The molecule has 0 N–H and O–H groups in total. The number of rotatable bonds is 4. The van der Waals surface area contributed by atoms with Gasteiger partial charge in [-0.2, -0.15) is 5.26 Å². The number of ether oxygens (including phenoxy) is 1. The van der Waals surface area contributed by atoms with Crippen LogP contribution in [0, 0.1) is 22.6 Å². The first kappa shape index (κ1) is 18.3. The maximum atomic E-state index is 13.0. The van der Waals surface area contributed by atoms with E-state index >= 15 is 0 Å². The van der Waals surface area contributed by atoms with Crippen LogP contribution in [0.25, 0.3) is 0 Å². The Balaban J connectivity index is 2.34. The van der Waals surface area contributed by atoms with Crippen LogP contribution in [-0.4, -0.2) is 11.8 Å². The van der Waals surface area contributed by atoms with Crippen LogP contribution in [0.4, 0.5) is 4.39 Å². The van der Waals surface area contributed by atoms with Gasteiger partial charge in [0.15, 0.2) is 5.78 Å². The maximum absolute atomic E-state index is 13.0. The molecule has 4 nitrogen and oxygen atoms in total. The second-order valence-electron chi connectivity index (χ2n) is 6.65. The fourth-order valence-electron chi connectivity index (χ4n) is 2.12. The number of esters is 1. The Morgan fingerprint density at radius 1 is 1.12 bits per heavy atom. The van der Waals surface area contributed by atoms with Crippen LogP contribution in [-0.2, 0) is 16.1 Å². The van der Waals surface area contributed by atoms with E-state index in [4.69, 9.17) is 10.00 Å². The molecule has 0 saturated heterocycles. The molecule has 0 amide bonds. The van der Waals surface area contributed by atoms with Crippen molar-refractivity contribution in [1.82, 2.24) is 0 Å². The van der Waals surface area contributed by atoms with Crippen molar-refractivity contribution in [3.8, 4) is 6.07 Å². The lowest BCUT2D eigenvalue weighted by Gasteiger charge is -2.17. The van der Waals surface area contributed by atoms with E-state index in [2.05, 4.69) is 0 Å². The molecule has 0 fully saturated rings. The molecule has 0 atom stereocenters. The van der Waals surface area contributed by atoms with Crippen molar-refractivity contribution < 1.29 is 18.7 Å². The number of carbonyl (C=O) groups excluding carboxylic acids is 2. The second-order valence-corrected chi connectivity index (χ2v) is 6.65. The molecule has 25 heavy (non-hydrogen) atoms. The van der Waals surface area contributed by atoms with Gasteiger partial charge in [0.1, 0.15) is 12.4 Å². The molecule has 0 bridgehead atoms. The minimum absolute atomic E-state index is 0.117. The van der Waals surface area contributed by atoms with E-state index in [1.807, 2.05) is 6.07 Å². The molecular formula is C20H18FNO3. The highest BCUT2D eigenvalue weighted by molar-refractivity contribution is 6.10. The van der Waals surface area contributed by atoms with Crippen LogP contribution in [0.1, 0.15) is 47.8 Å². The van der Waals surface area contributed by atoms with Crippen LogP contribution in [0.2, 0.25) is 0 Å². The Hall–Kier alpha value is -3.00. The molecule has 0 saturated carbocycles. The first-order valence-electron chi connectivity index (χ1n) is 7.73. The third-order valence-corrected chi connectivity index (χ3v) is 3.56. The van der Waals surface area contributed by atoms with Crippen molar-refractivity contribution >= 4 is 11.8 Å². The summed E-state index contributed by atoms with van der Waals surface area (Å²) in [5, 5.41) is 9.06. The first-order valence-corrected chi connectivity index (χ1v) is 7.73. The fraction of sp³-hybridized carbons (Fsp3) is 0.250. The average molecular weight is 339 g/mol. The highest BCUT2D eigenvalue weighted by Crippen LogP contribution is 2.21. The molecular weight excluding hydrogens is 321 g/mol. The topological polar surface area (TPSA) is 67.2 Å². The Kier molecular flexibility index (Phi) is 5.33. The fourth-order valence-corrected chi connectivity index (χ4v) is 2.12. The van der Waals surface area contributed by atoms with E-state index in [1.165, 1.54) is 42.5 Å². The zero-order chi connectivity index (χ0) is 18.6. The summed E-state index contributed by atoms with van der Waals surface area (Å²) in [6.07, 6.45) is 0. The SMILES string of the molecule is CC(C)(C)C(=O)OCc1cc(C#N)ccc1C(=O)c1ccc(F)cc1. The van der Waals surface area contributed by atoms with Gasteiger partial charge in [0.25, 0.3) is 0 Å². The van der Waals surface area contributed by atoms with E-state index in [0.717, 1.165) is 0 Å². The molecule has 2 aromatic rings. The molecule has 0 radical (unpaired) electrons. The highest BCUT2D eigenvalue weighted by atomic mass is 19.1. The molecule has 0 heterocycles. The van der Waals surface area contributed by atoms with Gasteiger partial charge in [-0.15, -0.1) is 0 Å². The van der Waals surface area contributed by atoms with Gasteiger partial charge in [0.05, 0.1) is 17.0 Å². The zero-order valence-electron chi connectivity index (χ0n) is 14.3. The summed E-state index contributed by atoms with van der Waals surface area (Å²) in [7, 11) is 0. The number of halogens is 1. The zero-order valence-corrected chi connectivity index (χ0v) is 14.3. The minimum atomic E-state index is -0.673. The predicted octanol–water partition coefficient (Wildman–Crippen LogP) is 4.02. The van der Waals surface area contributed by atoms with Gasteiger partial charge >= 0.3 is 5.97 Å². The molecule has 5 heteroatoms. The summed E-state index contributed by atoms with van der Waals surface area (Å²) in [5.74, 6) is -1.17. The predicted molar refractivity (Wildman–Crippen MR) is 90.2 cm³/mol. The Morgan fingerprint density at radius 2 is 1.76 bits per heavy atom.